The summed E-state index contributed by atoms with van der Waals surface area (Å²) in [5, 5.41) is 11.8. The van der Waals surface area contributed by atoms with Crippen molar-refractivity contribution >= 4 is 0 Å². The zero-order valence-electron chi connectivity index (χ0n) is 21.9. The van der Waals surface area contributed by atoms with Crippen molar-refractivity contribution < 1.29 is 28.8 Å². The number of rotatable bonds is 4. The van der Waals surface area contributed by atoms with Gasteiger partial charge in [0.1, 0.15) is 23.4 Å². The lowest BCUT2D eigenvalue weighted by Crippen LogP contribution is -2.56. The molecule has 2 heterocycles. The van der Waals surface area contributed by atoms with Gasteiger partial charge in [-0.25, -0.2) is 0 Å². The Morgan fingerprint density at radius 2 is 1.97 bits per heavy atom. The van der Waals surface area contributed by atoms with Crippen molar-refractivity contribution in [1.29, 1.82) is 0 Å². The van der Waals surface area contributed by atoms with Crippen LogP contribution >= 0.6 is 0 Å². The van der Waals surface area contributed by atoms with Crippen LogP contribution in [0.1, 0.15) is 78.1 Å². The van der Waals surface area contributed by atoms with E-state index in [9.17, 15) is 5.11 Å². The molecule has 5 fully saturated rings. The molecule has 0 bridgehead atoms. The molecule has 0 aromatic carbocycles. The van der Waals surface area contributed by atoms with Gasteiger partial charge in [-0.2, -0.15) is 0 Å². The monoisotopic (exact) mass is 486 g/mol. The lowest BCUT2D eigenvalue weighted by molar-refractivity contribution is -0.232. The van der Waals surface area contributed by atoms with E-state index in [4.69, 9.17) is 23.7 Å². The standard InChI is InChI=1S/C29H42O6/c1-20-18-21-22-10-13-26(30,11-7-17-34-24-8-5-6-16-33-24)25(22,2)12-9-23(21)28-15-14-27(31-3,32-4)19-29(20,28)35-28/h9,20-22,24,30H,5-6,8,10,12-19H2,1-4H3/t20-,21+,22+,24?,25+,26+,28-,29+/m1/s1. The van der Waals surface area contributed by atoms with Gasteiger partial charge in [-0.1, -0.05) is 31.8 Å². The number of aliphatic hydroxyl groups is 1. The second kappa shape index (κ2) is 8.28. The molecule has 35 heavy (non-hydrogen) atoms. The minimum absolute atomic E-state index is 0.146. The highest BCUT2D eigenvalue weighted by atomic mass is 16.7. The molecule has 2 aliphatic heterocycles. The molecular weight excluding hydrogens is 444 g/mol. The summed E-state index contributed by atoms with van der Waals surface area (Å²) in [5.74, 6) is 7.17. The van der Waals surface area contributed by atoms with Crippen LogP contribution in [0.25, 0.3) is 0 Å². The highest BCUT2D eigenvalue weighted by Gasteiger charge is 2.81. The van der Waals surface area contributed by atoms with Gasteiger partial charge in [-0.05, 0) is 74.7 Å². The van der Waals surface area contributed by atoms with Gasteiger partial charge >= 0.3 is 0 Å². The first-order valence-corrected chi connectivity index (χ1v) is 13.7. The van der Waals surface area contributed by atoms with Crippen LogP contribution in [0, 0.1) is 35.0 Å². The van der Waals surface area contributed by atoms with Crippen molar-refractivity contribution in [3.63, 3.8) is 0 Å². The van der Waals surface area contributed by atoms with Crippen molar-refractivity contribution in [2.45, 2.75) is 107 Å². The fraction of sp³-hybridized carbons (Fsp3) is 0.862. The summed E-state index contributed by atoms with van der Waals surface area (Å²) in [7, 11) is 3.51. The second-order valence-electron chi connectivity index (χ2n) is 12.3. The molecule has 0 aromatic rings. The van der Waals surface area contributed by atoms with Gasteiger partial charge in [0.25, 0.3) is 0 Å². The summed E-state index contributed by atoms with van der Waals surface area (Å²) < 4.78 is 30.0. The first-order valence-electron chi connectivity index (χ1n) is 13.7. The minimum atomic E-state index is -0.982. The van der Waals surface area contributed by atoms with Gasteiger partial charge in [0.2, 0.25) is 0 Å². The lowest BCUT2D eigenvalue weighted by atomic mass is 9.51. The quantitative estimate of drug-likeness (QED) is 0.276. The first-order chi connectivity index (χ1) is 16.8. The summed E-state index contributed by atoms with van der Waals surface area (Å²) in [6.07, 6.45) is 11.7. The Balaban J connectivity index is 1.22. The third kappa shape index (κ3) is 3.32. The number of methoxy groups -OCH3 is 2. The van der Waals surface area contributed by atoms with Crippen LogP contribution in [0.3, 0.4) is 0 Å². The van der Waals surface area contributed by atoms with Crippen molar-refractivity contribution in [3.8, 4) is 11.8 Å². The average molecular weight is 487 g/mol. The molecule has 6 nitrogen and oxygen atoms in total. The van der Waals surface area contributed by atoms with Crippen LogP contribution in [-0.4, -0.2) is 61.4 Å². The zero-order chi connectivity index (χ0) is 24.5. The Morgan fingerprint density at radius 1 is 1.14 bits per heavy atom. The van der Waals surface area contributed by atoms with Crippen molar-refractivity contribution in [2.75, 3.05) is 27.4 Å². The second-order valence-corrected chi connectivity index (χ2v) is 12.3. The summed E-state index contributed by atoms with van der Waals surface area (Å²) in [6, 6.07) is 0. The van der Waals surface area contributed by atoms with Crippen LogP contribution in [0.15, 0.2) is 11.6 Å². The van der Waals surface area contributed by atoms with E-state index >= 15 is 0 Å². The minimum Gasteiger partial charge on any atom is -0.377 e. The molecule has 4 aliphatic carbocycles. The van der Waals surface area contributed by atoms with Crippen LogP contribution in [-0.2, 0) is 23.7 Å². The molecule has 6 heteroatoms. The van der Waals surface area contributed by atoms with E-state index in [1.165, 1.54) is 5.57 Å². The van der Waals surface area contributed by atoms with Gasteiger partial charge in [0.15, 0.2) is 12.1 Å². The third-order valence-corrected chi connectivity index (χ3v) is 11.0. The summed E-state index contributed by atoms with van der Waals surface area (Å²) in [5.41, 5.74) is -0.0886. The Hall–Kier alpha value is -0.940. The zero-order valence-corrected chi connectivity index (χ0v) is 21.9. The molecular formula is C29H42O6. The van der Waals surface area contributed by atoms with E-state index in [1.807, 2.05) is 0 Å². The average Bonchev–Trinajstić information content (AvgIpc) is 3.50. The Bertz CT molecular complexity index is 941. The normalized spacial score (nSPS) is 49.5. The fourth-order valence-corrected chi connectivity index (χ4v) is 8.76. The predicted octanol–water partition coefficient (Wildman–Crippen LogP) is 4.35. The Labute approximate surface area is 210 Å². The molecule has 8 atom stereocenters. The summed E-state index contributed by atoms with van der Waals surface area (Å²) >= 11 is 0. The van der Waals surface area contributed by atoms with E-state index in [1.54, 1.807) is 14.2 Å². The van der Waals surface area contributed by atoms with E-state index in [-0.39, 0.29) is 22.9 Å². The molecule has 0 aromatic heterocycles. The van der Waals surface area contributed by atoms with Gasteiger partial charge in [0, 0.05) is 39.1 Å². The SMILES string of the molecule is COC1(OC)CC[C@]23O[C@@]2(C1)[C@H](C)C[C@@H]1C3=CC[C@@]2(C)[C@H]1CC[C@@]2(O)C#CCOC1CCCCO1. The molecule has 194 valence electrons. The largest absolute Gasteiger partial charge is 0.377 e. The fourth-order valence-electron chi connectivity index (χ4n) is 8.76. The molecule has 0 radical (unpaired) electrons. The highest BCUT2D eigenvalue weighted by molar-refractivity contribution is 5.45. The van der Waals surface area contributed by atoms with Crippen LogP contribution in [0.5, 0.6) is 0 Å². The lowest BCUT2D eigenvalue weighted by Gasteiger charge is -2.53. The van der Waals surface area contributed by atoms with Gasteiger partial charge in [-0.15, -0.1) is 0 Å². The molecule has 6 aliphatic rings. The number of allylic oxidation sites excluding steroid dienone is 1. The van der Waals surface area contributed by atoms with Gasteiger partial charge in [0.05, 0.1) is 0 Å². The van der Waals surface area contributed by atoms with Crippen LogP contribution in [0.4, 0.5) is 0 Å². The van der Waals surface area contributed by atoms with E-state index in [0.29, 0.717) is 24.4 Å². The number of fused-ring (bicyclic) bond motifs is 3. The van der Waals surface area contributed by atoms with Gasteiger partial charge < -0.3 is 28.8 Å². The highest BCUT2D eigenvalue weighted by Crippen LogP contribution is 2.75. The molecule has 3 saturated carbocycles. The topological polar surface area (TPSA) is 69.7 Å². The molecule has 0 amide bonds. The number of hydrogen-bond donors (Lipinski definition) is 1. The van der Waals surface area contributed by atoms with E-state index in [0.717, 1.165) is 70.8 Å². The van der Waals surface area contributed by atoms with Crippen LogP contribution in [0.2, 0.25) is 0 Å². The van der Waals surface area contributed by atoms with Crippen molar-refractivity contribution in [2.24, 2.45) is 23.2 Å². The molecule has 1 N–H and O–H groups in total. The number of epoxide rings is 1. The van der Waals surface area contributed by atoms with Crippen LogP contribution < -0.4 is 0 Å². The summed E-state index contributed by atoms with van der Waals surface area (Å²) in [4.78, 5) is 0. The molecule has 1 unspecified atom stereocenters. The third-order valence-electron chi connectivity index (χ3n) is 11.0. The maximum atomic E-state index is 11.8. The smallest absolute Gasteiger partial charge is 0.170 e. The first kappa shape index (κ1) is 24.4. The Morgan fingerprint density at radius 3 is 2.71 bits per heavy atom. The van der Waals surface area contributed by atoms with E-state index < -0.39 is 11.4 Å². The van der Waals surface area contributed by atoms with Crippen molar-refractivity contribution in [1.82, 2.24) is 0 Å². The molecule has 2 saturated heterocycles. The van der Waals surface area contributed by atoms with Gasteiger partial charge in [-0.3, -0.25) is 0 Å². The Kier molecular flexibility index (Phi) is 5.77. The number of ether oxygens (including phenoxy) is 5. The predicted molar refractivity (Wildman–Crippen MR) is 130 cm³/mol. The molecule has 0 spiro atoms. The van der Waals surface area contributed by atoms with E-state index in [2.05, 4.69) is 31.8 Å². The number of hydrogen-bond acceptors (Lipinski definition) is 6. The molecule has 6 rings (SSSR count). The maximum Gasteiger partial charge on any atom is 0.170 e. The summed E-state index contributed by atoms with van der Waals surface area (Å²) in [6.45, 7) is 5.69. The maximum absolute atomic E-state index is 11.8. The van der Waals surface area contributed by atoms with Crippen molar-refractivity contribution in [3.05, 3.63) is 11.6 Å².